The first-order valence-corrected chi connectivity index (χ1v) is 6.08. The summed E-state index contributed by atoms with van der Waals surface area (Å²) in [5.74, 6) is 0.366. The van der Waals surface area contributed by atoms with Gasteiger partial charge in [-0.15, -0.1) is 0 Å². The van der Waals surface area contributed by atoms with Gasteiger partial charge in [-0.05, 0) is 18.2 Å². The second-order valence-electron chi connectivity index (χ2n) is 3.29. The fourth-order valence-corrected chi connectivity index (χ4v) is 2.39. The molecule has 17 heavy (non-hydrogen) atoms. The third kappa shape index (κ3) is 2.45. The van der Waals surface area contributed by atoms with E-state index in [0.29, 0.717) is 37.2 Å². The van der Waals surface area contributed by atoms with Crippen molar-refractivity contribution in [2.45, 2.75) is 0 Å². The molecule has 6 heteroatoms. The van der Waals surface area contributed by atoms with Gasteiger partial charge in [-0.25, -0.2) is 4.98 Å². The molecule has 0 atom stereocenters. The molecular formula is C11H6Cl4N2. The summed E-state index contributed by atoms with van der Waals surface area (Å²) in [6.07, 6.45) is 0. The van der Waals surface area contributed by atoms with Gasteiger partial charge in [-0.3, -0.25) is 0 Å². The summed E-state index contributed by atoms with van der Waals surface area (Å²) < 4.78 is 0. The molecule has 88 valence electrons. The molecule has 2 aromatic rings. The molecule has 0 spiro atoms. The highest BCUT2D eigenvalue weighted by molar-refractivity contribution is 6.50. The smallest absolute Gasteiger partial charge is 0.124 e. The zero-order chi connectivity index (χ0) is 12.6. The molecule has 1 aromatic heterocycles. The van der Waals surface area contributed by atoms with Crippen molar-refractivity contribution < 1.29 is 0 Å². The van der Waals surface area contributed by atoms with E-state index in [-0.39, 0.29) is 0 Å². The number of benzene rings is 1. The number of aromatic nitrogens is 1. The number of rotatable bonds is 1. The maximum absolute atomic E-state index is 6.10. The highest BCUT2D eigenvalue weighted by Crippen LogP contribution is 2.42. The molecule has 2 N–H and O–H groups in total. The van der Waals surface area contributed by atoms with Crippen molar-refractivity contribution in [1.82, 2.24) is 4.98 Å². The van der Waals surface area contributed by atoms with Crippen LogP contribution < -0.4 is 5.73 Å². The molecule has 0 saturated heterocycles. The Hall–Kier alpha value is -0.670. The van der Waals surface area contributed by atoms with Crippen LogP contribution >= 0.6 is 46.4 Å². The number of nitrogens with zero attached hydrogens (tertiary/aromatic N) is 1. The van der Waals surface area contributed by atoms with Gasteiger partial charge in [0.2, 0.25) is 0 Å². The molecule has 2 nitrogen and oxygen atoms in total. The third-order valence-corrected chi connectivity index (χ3v) is 3.71. The molecule has 0 aliphatic heterocycles. The molecule has 0 fully saturated rings. The van der Waals surface area contributed by atoms with Crippen LogP contribution in [0.25, 0.3) is 11.3 Å². The minimum absolute atomic E-state index is 0.305. The predicted octanol–water partition coefficient (Wildman–Crippen LogP) is 4.94. The van der Waals surface area contributed by atoms with Crippen LogP contribution in [0.5, 0.6) is 0 Å². The minimum atomic E-state index is 0.305. The van der Waals surface area contributed by atoms with Gasteiger partial charge in [0.1, 0.15) is 5.82 Å². The van der Waals surface area contributed by atoms with Gasteiger partial charge >= 0.3 is 0 Å². The lowest BCUT2D eigenvalue weighted by molar-refractivity contribution is 1.33. The lowest BCUT2D eigenvalue weighted by Gasteiger charge is -2.10. The number of hydrogen-bond acceptors (Lipinski definition) is 2. The van der Waals surface area contributed by atoms with E-state index in [9.17, 15) is 0 Å². The Bertz CT molecular complexity index is 558. The SMILES string of the molecule is Nc1cccc(-c2c(Cl)c(Cl)cc(Cl)c2Cl)n1. The van der Waals surface area contributed by atoms with Gasteiger partial charge < -0.3 is 5.73 Å². The van der Waals surface area contributed by atoms with Crippen LogP contribution in [0.15, 0.2) is 24.3 Å². The van der Waals surface area contributed by atoms with Gasteiger partial charge in [0.05, 0.1) is 25.8 Å². The van der Waals surface area contributed by atoms with Gasteiger partial charge in [0, 0.05) is 5.56 Å². The van der Waals surface area contributed by atoms with Crippen LogP contribution in [0.3, 0.4) is 0 Å². The van der Waals surface area contributed by atoms with Crippen molar-refractivity contribution in [3.05, 3.63) is 44.4 Å². The van der Waals surface area contributed by atoms with Gasteiger partial charge in [-0.1, -0.05) is 52.5 Å². The van der Waals surface area contributed by atoms with E-state index in [4.69, 9.17) is 52.1 Å². The van der Waals surface area contributed by atoms with Crippen molar-refractivity contribution in [2.24, 2.45) is 0 Å². The molecule has 0 aliphatic carbocycles. The van der Waals surface area contributed by atoms with Crippen LogP contribution in [0, 0.1) is 0 Å². The number of halogens is 4. The Balaban J connectivity index is 2.75. The van der Waals surface area contributed by atoms with Crippen LogP contribution in [0.1, 0.15) is 0 Å². The third-order valence-electron chi connectivity index (χ3n) is 2.14. The Labute approximate surface area is 118 Å². The van der Waals surface area contributed by atoms with E-state index in [1.165, 1.54) is 6.07 Å². The Morgan fingerprint density at radius 3 is 2.06 bits per heavy atom. The second kappa shape index (κ2) is 4.91. The molecule has 0 bridgehead atoms. The maximum Gasteiger partial charge on any atom is 0.124 e. The van der Waals surface area contributed by atoms with E-state index in [2.05, 4.69) is 4.98 Å². The summed E-state index contributed by atoms with van der Waals surface area (Å²) in [6, 6.07) is 6.64. The number of nitrogen functional groups attached to an aromatic ring is 1. The molecule has 0 radical (unpaired) electrons. The van der Waals surface area contributed by atoms with E-state index in [0.717, 1.165) is 0 Å². The zero-order valence-corrected chi connectivity index (χ0v) is 11.4. The van der Waals surface area contributed by atoms with E-state index >= 15 is 0 Å². The van der Waals surface area contributed by atoms with Crippen LogP contribution in [0.4, 0.5) is 5.82 Å². The van der Waals surface area contributed by atoms with Gasteiger partial charge in [-0.2, -0.15) is 0 Å². The highest BCUT2D eigenvalue weighted by atomic mass is 35.5. The van der Waals surface area contributed by atoms with Crippen LogP contribution in [0.2, 0.25) is 20.1 Å². The normalized spacial score (nSPS) is 10.6. The monoisotopic (exact) mass is 306 g/mol. The summed E-state index contributed by atoms with van der Waals surface area (Å²) in [5, 5.41) is 1.25. The first kappa shape index (κ1) is 12.8. The fourth-order valence-electron chi connectivity index (χ4n) is 1.39. The lowest BCUT2D eigenvalue weighted by atomic mass is 10.1. The van der Waals surface area contributed by atoms with Crippen molar-refractivity contribution >= 4 is 52.2 Å². The summed E-state index contributed by atoms with van der Waals surface area (Å²) in [7, 11) is 0. The summed E-state index contributed by atoms with van der Waals surface area (Å²) in [6.45, 7) is 0. The van der Waals surface area contributed by atoms with E-state index < -0.39 is 0 Å². The van der Waals surface area contributed by atoms with Crippen molar-refractivity contribution in [3.8, 4) is 11.3 Å². The predicted molar refractivity (Wildman–Crippen MR) is 74.1 cm³/mol. The first-order valence-electron chi connectivity index (χ1n) is 4.56. The molecule has 0 unspecified atom stereocenters. The van der Waals surface area contributed by atoms with E-state index in [1.54, 1.807) is 18.2 Å². The first-order chi connectivity index (χ1) is 8.00. The lowest BCUT2D eigenvalue weighted by Crippen LogP contribution is -1.93. The number of anilines is 1. The fraction of sp³-hybridized carbons (Fsp3) is 0. The summed E-state index contributed by atoms with van der Waals surface area (Å²) in [5.41, 5.74) is 6.63. The average molecular weight is 308 g/mol. The molecule has 1 aromatic carbocycles. The number of pyridine rings is 1. The molecule has 0 amide bonds. The summed E-state index contributed by atoms with van der Waals surface area (Å²) >= 11 is 24.1. The standard InChI is InChI=1S/C11H6Cl4N2/c12-5-4-6(13)11(15)9(10(5)14)7-2-1-3-8(16)17-7/h1-4H,(H2,16,17). The maximum atomic E-state index is 6.10. The van der Waals surface area contributed by atoms with Crippen molar-refractivity contribution in [2.75, 3.05) is 5.73 Å². The number of hydrogen-bond donors (Lipinski definition) is 1. The molecule has 1 heterocycles. The van der Waals surface area contributed by atoms with Crippen LogP contribution in [-0.2, 0) is 0 Å². The largest absolute Gasteiger partial charge is 0.384 e. The Morgan fingerprint density at radius 2 is 1.53 bits per heavy atom. The Kier molecular flexibility index (Phi) is 3.69. The Morgan fingerprint density at radius 1 is 0.941 bits per heavy atom. The average Bonchev–Trinajstić information content (AvgIpc) is 2.27. The number of nitrogens with two attached hydrogens (primary N) is 1. The highest BCUT2D eigenvalue weighted by Gasteiger charge is 2.16. The van der Waals surface area contributed by atoms with Crippen molar-refractivity contribution in [3.63, 3.8) is 0 Å². The molecule has 2 rings (SSSR count). The molecular weight excluding hydrogens is 302 g/mol. The van der Waals surface area contributed by atoms with Crippen LogP contribution in [-0.4, -0.2) is 4.98 Å². The molecule has 0 saturated carbocycles. The van der Waals surface area contributed by atoms with Gasteiger partial charge in [0.25, 0.3) is 0 Å². The summed E-state index contributed by atoms with van der Waals surface area (Å²) in [4.78, 5) is 4.14. The zero-order valence-electron chi connectivity index (χ0n) is 8.35. The van der Waals surface area contributed by atoms with Gasteiger partial charge in [0.15, 0.2) is 0 Å². The van der Waals surface area contributed by atoms with E-state index in [1.807, 2.05) is 0 Å². The quantitative estimate of drug-likeness (QED) is 0.757. The molecule has 0 aliphatic rings. The topological polar surface area (TPSA) is 38.9 Å². The minimum Gasteiger partial charge on any atom is -0.384 e. The second-order valence-corrected chi connectivity index (χ2v) is 4.86. The van der Waals surface area contributed by atoms with Crippen molar-refractivity contribution in [1.29, 1.82) is 0 Å².